The summed E-state index contributed by atoms with van der Waals surface area (Å²) in [6.45, 7) is 4.46. The van der Waals surface area contributed by atoms with Crippen molar-refractivity contribution in [3.8, 4) is 0 Å². The number of nitrogens with zero attached hydrogens (tertiary/aromatic N) is 2. The van der Waals surface area contributed by atoms with Crippen LogP contribution in [0.1, 0.15) is 16.1 Å². The van der Waals surface area contributed by atoms with Crippen molar-refractivity contribution < 1.29 is 9.18 Å². The third-order valence-electron chi connectivity index (χ3n) is 4.92. The Morgan fingerprint density at radius 3 is 2.46 bits per heavy atom. The molecule has 1 aromatic heterocycles. The van der Waals surface area contributed by atoms with Crippen LogP contribution in [0.2, 0.25) is 0 Å². The summed E-state index contributed by atoms with van der Waals surface area (Å²) in [7, 11) is 0. The Labute approximate surface area is 156 Å². The monoisotopic (exact) mass is 368 g/mol. The summed E-state index contributed by atoms with van der Waals surface area (Å²) in [6.07, 6.45) is 0.559. The number of fused-ring (bicyclic) bond motifs is 1. The van der Waals surface area contributed by atoms with E-state index in [-0.39, 0.29) is 11.6 Å². The van der Waals surface area contributed by atoms with E-state index < -0.39 is 0 Å². The van der Waals surface area contributed by atoms with Gasteiger partial charge in [0.25, 0.3) is 0 Å². The lowest BCUT2D eigenvalue weighted by Crippen LogP contribution is -2.46. The van der Waals surface area contributed by atoms with Gasteiger partial charge in [-0.25, -0.2) is 4.39 Å². The van der Waals surface area contributed by atoms with E-state index in [1.807, 2.05) is 30.3 Å². The van der Waals surface area contributed by atoms with Crippen molar-refractivity contribution >= 4 is 32.9 Å². The molecule has 4 rings (SSSR count). The number of piperazine rings is 1. The fourth-order valence-electron chi connectivity index (χ4n) is 3.38. The highest BCUT2D eigenvalue weighted by molar-refractivity contribution is 7.20. The van der Waals surface area contributed by atoms with Crippen molar-refractivity contribution in [2.24, 2.45) is 0 Å². The molecule has 0 saturated carbocycles. The predicted octanol–water partition coefficient (Wildman–Crippen LogP) is 4.44. The van der Waals surface area contributed by atoms with Gasteiger partial charge in [-0.2, -0.15) is 0 Å². The quantitative estimate of drug-likeness (QED) is 0.622. The molecule has 5 heteroatoms. The highest BCUT2D eigenvalue weighted by atomic mass is 32.1. The average Bonchev–Trinajstić information content (AvgIpc) is 3.11. The Kier molecular flexibility index (Phi) is 5.00. The number of rotatable bonds is 5. The molecule has 0 bridgehead atoms. The minimum Gasteiger partial charge on any atom is -0.369 e. The third kappa shape index (κ3) is 3.79. The largest absolute Gasteiger partial charge is 0.369 e. The standard InChI is InChI=1S/C21H21FN2OS/c22-17-5-7-18(8-6-17)24-13-11-23(12-14-24)10-9-19(25)21-15-16-3-1-2-4-20(16)26-21/h1-8,15H,9-14H2. The number of hydrogen-bond donors (Lipinski definition) is 0. The van der Waals surface area contributed by atoms with Crippen LogP contribution >= 0.6 is 11.3 Å². The maximum absolute atomic E-state index is 13.0. The molecule has 134 valence electrons. The Morgan fingerprint density at radius 2 is 1.73 bits per heavy atom. The fraction of sp³-hybridized carbons (Fsp3) is 0.286. The van der Waals surface area contributed by atoms with E-state index in [4.69, 9.17) is 0 Å². The van der Waals surface area contributed by atoms with Crippen LogP contribution in [-0.2, 0) is 0 Å². The van der Waals surface area contributed by atoms with Gasteiger partial charge >= 0.3 is 0 Å². The third-order valence-corrected chi connectivity index (χ3v) is 6.08. The molecule has 3 aromatic rings. The van der Waals surface area contributed by atoms with Crippen LogP contribution in [0.5, 0.6) is 0 Å². The first-order valence-corrected chi connectivity index (χ1v) is 9.75. The number of carbonyl (C=O) groups is 1. The summed E-state index contributed by atoms with van der Waals surface area (Å²) in [4.78, 5) is 18.0. The summed E-state index contributed by atoms with van der Waals surface area (Å²) in [5.74, 6) is 0.0271. The molecule has 0 amide bonds. The van der Waals surface area contributed by atoms with E-state index in [1.54, 1.807) is 11.3 Å². The van der Waals surface area contributed by atoms with Gasteiger partial charge in [-0.05, 0) is 41.8 Å². The predicted molar refractivity (Wildman–Crippen MR) is 106 cm³/mol. The van der Waals surface area contributed by atoms with Crippen LogP contribution in [0.4, 0.5) is 10.1 Å². The summed E-state index contributed by atoms with van der Waals surface area (Å²) in [5.41, 5.74) is 1.06. The number of Topliss-reactive ketones (excluding diaryl/α,β-unsaturated/α-hetero) is 1. The SMILES string of the molecule is O=C(CCN1CCN(c2ccc(F)cc2)CC1)c1cc2ccccc2s1. The van der Waals surface area contributed by atoms with Gasteiger partial charge in [-0.1, -0.05) is 18.2 Å². The van der Waals surface area contributed by atoms with E-state index in [0.29, 0.717) is 6.42 Å². The van der Waals surface area contributed by atoms with E-state index in [2.05, 4.69) is 21.9 Å². The maximum atomic E-state index is 13.0. The number of carbonyl (C=O) groups excluding carboxylic acids is 1. The number of thiophene rings is 1. The highest BCUT2D eigenvalue weighted by Crippen LogP contribution is 2.26. The topological polar surface area (TPSA) is 23.6 Å². The number of ketones is 1. The number of hydrogen-bond acceptors (Lipinski definition) is 4. The van der Waals surface area contributed by atoms with Crippen molar-refractivity contribution in [2.75, 3.05) is 37.6 Å². The smallest absolute Gasteiger partial charge is 0.174 e. The van der Waals surface area contributed by atoms with Crippen molar-refractivity contribution in [1.29, 1.82) is 0 Å². The molecule has 2 heterocycles. The molecular formula is C21H21FN2OS. The Hall–Kier alpha value is -2.24. The summed E-state index contributed by atoms with van der Waals surface area (Å²) >= 11 is 1.58. The zero-order chi connectivity index (χ0) is 17.9. The molecule has 0 N–H and O–H groups in total. The fourth-order valence-corrected chi connectivity index (χ4v) is 4.41. The normalized spacial score (nSPS) is 15.5. The maximum Gasteiger partial charge on any atom is 0.174 e. The van der Waals surface area contributed by atoms with Crippen molar-refractivity contribution in [3.05, 3.63) is 65.3 Å². The molecule has 0 spiro atoms. The molecule has 0 radical (unpaired) electrons. The second-order valence-corrected chi connectivity index (χ2v) is 7.71. The first kappa shape index (κ1) is 17.2. The molecule has 1 aliphatic heterocycles. The van der Waals surface area contributed by atoms with E-state index in [1.165, 1.54) is 16.8 Å². The van der Waals surface area contributed by atoms with Gasteiger partial charge in [0, 0.05) is 49.5 Å². The van der Waals surface area contributed by atoms with Crippen LogP contribution in [0.25, 0.3) is 10.1 Å². The minimum absolute atomic E-state index is 0.202. The van der Waals surface area contributed by atoms with Gasteiger partial charge in [0.05, 0.1) is 4.88 Å². The first-order valence-electron chi connectivity index (χ1n) is 8.94. The summed E-state index contributed by atoms with van der Waals surface area (Å²) in [5, 5.41) is 1.15. The van der Waals surface area contributed by atoms with Gasteiger partial charge in [0.1, 0.15) is 5.82 Å². The van der Waals surface area contributed by atoms with Crippen molar-refractivity contribution in [3.63, 3.8) is 0 Å². The minimum atomic E-state index is -0.202. The van der Waals surface area contributed by atoms with Crippen LogP contribution in [0.15, 0.2) is 54.6 Å². The Morgan fingerprint density at radius 1 is 1.00 bits per heavy atom. The Balaban J connectivity index is 1.29. The molecule has 1 aliphatic rings. The molecule has 2 aromatic carbocycles. The summed E-state index contributed by atoms with van der Waals surface area (Å²) in [6, 6.07) is 16.8. The van der Waals surface area contributed by atoms with Crippen LogP contribution in [-0.4, -0.2) is 43.4 Å². The van der Waals surface area contributed by atoms with Gasteiger partial charge in [0.2, 0.25) is 0 Å². The summed E-state index contributed by atoms with van der Waals surface area (Å²) < 4.78 is 14.2. The molecule has 0 unspecified atom stereocenters. The highest BCUT2D eigenvalue weighted by Gasteiger charge is 2.18. The van der Waals surface area contributed by atoms with Gasteiger partial charge < -0.3 is 4.90 Å². The molecule has 1 saturated heterocycles. The number of halogens is 1. The van der Waals surface area contributed by atoms with Crippen molar-refractivity contribution in [2.45, 2.75) is 6.42 Å². The molecule has 0 aliphatic carbocycles. The molecule has 26 heavy (non-hydrogen) atoms. The van der Waals surface area contributed by atoms with Gasteiger partial charge in [-0.15, -0.1) is 11.3 Å². The lowest BCUT2D eigenvalue weighted by atomic mass is 10.2. The second kappa shape index (κ2) is 7.56. The van der Waals surface area contributed by atoms with Crippen LogP contribution in [0, 0.1) is 5.82 Å². The molecule has 3 nitrogen and oxygen atoms in total. The van der Waals surface area contributed by atoms with Crippen LogP contribution < -0.4 is 4.90 Å². The number of anilines is 1. The second-order valence-electron chi connectivity index (χ2n) is 6.63. The molecule has 0 atom stereocenters. The number of benzene rings is 2. The first-order chi connectivity index (χ1) is 12.7. The Bertz CT molecular complexity index is 865. The average molecular weight is 368 g/mol. The lowest BCUT2D eigenvalue weighted by molar-refractivity contribution is 0.0966. The van der Waals surface area contributed by atoms with Crippen LogP contribution in [0.3, 0.4) is 0 Å². The van der Waals surface area contributed by atoms with Gasteiger partial charge in [0.15, 0.2) is 5.78 Å². The van der Waals surface area contributed by atoms with Gasteiger partial charge in [-0.3, -0.25) is 9.69 Å². The van der Waals surface area contributed by atoms with E-state index in [9.17, 15) is 9.18 Å². The zero-order valence-electron chi connectivity index (χ0n) is 14.5. The lowest BCUT2D eigenvalue weighted by Gasteiger charge is -2.36. The molecular weight excluding hydrogens is 347 g/mol. The van der Waals surface area contributed by atoms with E-state index in [0.717, 1.165) is 48.7 Å². The molecule has 1 fully saturated rings. The zero-order valence-corrected chi connectivity index (χ0v) is 15.3. The van der Waals surface area contributed by atoms with Crippen molar-refractivity contribution in [1.82, 2.24) is 4.90 Å². The van der Waals surface area contributed by atoms with E-state index >= 15 is 0 Å².